The van der Waals surface area contributed by atoms with Gasteiger partial charge in [-0.15, -0.1) is 0 Å². The van der Waals surface area contributed by atoms with E-state index in [0.29, 0.717) is 5.75 Å². The average molecular weight is 264 g/mol. The van der Waals surface area contributed by atoms with Crippen molar-refractivity contribution in [3.8, 4) is 5.75 Å². The van der Waals surface area contributed by atoms with E-state index in [1.54, 1.807) is 13.2 Å². The van der Waals surface area contributed by atoms with Crippen molar-refractivity contribution in [1.82, 2.24) is 0 Å². The number of aryl methyl sites for hydroxylation is 1. The minimum absolute atomic E-state index is 0.119. The van der Waals surface area contributed by atoms with Gasteiger partial charge in [0.25, 0.3) is 0 Å². The van der Waals surface area contributed by atoms with E-state index >= 15 is 0 Å². The van der Waals surface area contributed by atoms with Gasteiger partial charge in [-0.25, -0.2) is 0 Å². The van der Waals surface area contributed by atoms with Crippen LogP contribution in [0.2, 0.25) is 0 Å². The monoisotopic (exact) mass is 264 g/mol. The molecule has 5 heteroatoms. The van der Waals surface area contributed by atoms with E-state index in [1.807, 2.05) is 19.1 Å². The third-order valence-corrected chi connectivity index (χ3v) is 3.74. The Hall–Kier alpha value is -1.62. The number of nitrogens with one attached hydrogen (secondary N) is 1. The van der Waals surface area contributed by atoms with Crippen LogP contribution in [0.1, 0.15) is 18.4 Å². The summed E-state index contributed by atoms with van der Waals surface area (Å²) < 4.78 is 5.14. The van der Waals surface area contributed by atoms with Gasteiger partial charge in [0.15, 0.2) is 0 Å². The van der Waals surface area contributed by atoms with Crippen molar-refractivity contribution in [2.24, 2.45) is 11.1 Å². The molecular formula is C13H16N2O2S. The van der Waals surface area contributed by atoms with Crippen molar-refractivity contribution in [1.29, 1.82) is 0 Å². The Morgan fingerprint density at radius 3 is 2.67 bits per heavy atom. The molecule has 18 heavy (non-hydrogen) atoms. The van der Waals surface area contributed by atoms with E-state index in [2.05, 4.69) is 5.32 Å². The number of methoxy groups -OCH3 is 1. The standard InChI is InChI=1S/C13H16N2O2S/c1-8-3-4-9(17-2)7-10(8)15-12(16)13(5-6-13)11(14)18/h3-4,7H,5-6H2,1-2H3,(H2,14,18)(H,15,16). The highest BCUT2D eigenvalue weighted by Crippen LogP contribution is 2.47. The van der Waals surface area contributed by atoms with Gasteiger partial charge in [0, 0.05) is 11.8 Å². The van der Waals surface area contributed by atoms with E-state index in [-0.39, 0.29) is 10.9 Å². The van der Waals surface area contributed by atoms with Gasteiger partial charge in [-0.1, -0.05) is 18.3 Å². The molecule has 1 fully saturated rings. The molecule has 1 saturated carbocycles. The fourth-order valence-corrected chi connectivity index (χ4v) is 2.11. The van der Waals surface area contributed by atoms with Gasteiger partial charge in [-0.3, -0.25) is 4.79 Å². The van der Waals surface area contributed by atoms with Crippen LogP contribution < -0.4 is 15.8 Å². The maximum atomic E-state index is 12.2. The van der Waals surface area contributed by atoms with Crippen LogP contribution in [0.15, 0.2) is 18.2 Å². The fourth-order valence-electron chi connectivity index (χ4n) is 1.82. The summed E-state index contributed by atoms with van der Waals surface area (Å²) >= 11 is 4.96. The second kappa shape index (κ2) is 4.57. The van der Waals surface area contributed by atoms with Crippen LogP contribution in [0.25, 0.3) is 0 Å². The van der Waals surface area contributed by atoms with Crippen molar-refractivity contribution in [2.45, 2.75) is 19.8 Å². The fraction of sp³-hybridized carbons (Fsp3) is 0.385. The number of benzene rings is 1. The lowest BCUT2D eigenvalue weighted by Gasteiger charge is -2.15. The minimum Gasteiger partial charge on any atom is -0.497 e. The molecule has 1 aromatic carbocycles. The van der Waals surface area contributed by atoms with Crippen molar-refractivity contribution < 1.29 is 9.53 Å². The van der Waals surface area contributed by atoms with Crippen molar-refractivity contribution in [2.75, 3.05) is 12.4 Å². The molecule has 3 N–H and O–H groups in total. The average Bonchev–Trinajstić information content (AvgIpc) is 3.13. The molecule has 96 valence electrons. The molecule has 0 atom stereocenters. The zero-order chi connectivity index (χ0) is 13.3. The molecule has 0 unspecified atom stereocenters. The lowest BCUT2D eigenvalue weighted by molar-refractivity contribution is -0.118. The number of ether oxygens (including phenoxy) is 1. The van der Waals surface area contributed by atoms with Crippen LogP contribution in [-0.2, 0) is 4.79 Å². The van der Waals surface area contributed by atoms with Crippen molar-refractivity contribution >= 4 is 28.8 Å². The number of carbonyl (C=O) groups is 1. The van der Waals surface area contributed by atoms with Gasteiger partial charge in [-0.05, 0) is 31.4 Å². The normalized spacial score (nSPS) is 15.9. The zero-order valence-electron chi connectivity index (χ0n) is 10.4. The Kier molecular flexibility index (Phi) is 3.26. The second-order valence-corrected chi connectivity index (χ2v) is 5.02. The minimum atomic E-state index is -0.634. The Labute approximate surface area is 112 Å². The van der Waals surface area contributed by atoms with Gasteiger partial charge in [0.2, 0.25) is 5.91 Å². The lowest BCUT2D eigenvalue weighted by atomic mass is 10.1. The third kappa shape index (κ3) is 2.18. The summed E-state index contributed by atoms with van der Waals surface area (Å²) in [6.07, 6.45) is 1.47. The first kappa shape index (κ1) is 12.8. The van der Waals surface area contributed by atoms with Crippen LogP contribution in [-0.4, -0.2) is 18.0 Å². The molecule has 0 bridgehead atoms. The second-order valence-electron chi connectivity index (χ2n) is 4.58. The summed E-state index contributed by atoms with van der Waals surface area (Å²) in [5.74, 6) is 0.586. The Morgan fingerprint density at radius 1 is 1.50 bits per heavy atom. The predicted octanol–water partition coefficient (Wildman–Crippen LogP) is 2.01. The summed E-state index contributed by atoms with van der Waals surface area (Å²) in [6.45, 7) is 1.93. The van der Waals surface area contributed by atoms with E-state index < -0.39 is 5.41 Å². The summed E-state index contributed by atoms with van der Waals surface area (Å²) in [6, 6.07) is 5.54. The molecule has 1 aromatic rings. The maximum absolute atomic E-state index is 12.2. The predicted molar refractivity (Wildman–Crippen MR) is 74.8 cm³/mol. The zero-order valence-corrected chi connectivity index (χ0v) is 11.3. The van der Waals surface area contributed by atoms with Gasteiger partial charge in [-0.2, -0.15) is 0 Å². The number of carbonyl (C=O) groups excluding carboxylic acids is 1. The Bertz CT molecular complexity index is 510. The Morgan fingerprint density at radius 2 is 2.17 bits per heavy atom. The molecule has 1 amide bonds. The summed E-state index contributed by atoms with van der Waals surface area (Å²) in [5.41, 5.74) is 6.71. The molecule has 0 aliphatic heterocycles. The summed E-state index contributed by atoms with van der Waals surface area (Å²) in [5, 5.41) is 2.88. The van der Waals surface area contributed by atoms with Gasteiger partial charge >= 0.3 is 0 Å². The molecule has 4 nitrogen and oxygen atoms in total. The molecule has 2 rings (SSSR count). The molecule has 0 aromatic heterocycles. The van der Waals surface area contributed by atoms with E-state index in [4.69, 9.17) is 22.7 Å². The van der Waals surface area contributed by atoms with Gasteiger partial charge < -0.3 is 15.8 Å². The van der Waals surface area contributed by atoms with Gasteiger partial charge in [0.1, 0.15) is 5.75 Å². The van der Waals surface area contributed by atoms with Gasteiger partial charge in [0.05, 0.1) is 17.5 Å². The molecule has 0 saturated heterocycles. The van der Waals surface area contributed by atoms with Crippen LogP contribution >= 0.6 is 12.2 Å². The largest absolute Gasteiger partial charge is 0.497 e. The number of rotatable bonds is 4. The molecule has 0 radical (unpaired) electrons. The highest BCUT2D eigenvalue weighted by Gasteiger charge is 2.52. The van der Waals surface area contributed by atoms with E-state index in [9.17, 15) is 4.79 Å². The maximum Gasteiger partial charge on any atom is 0.237 e. The molecule has 1 aliphatic rings. The topological polar surface area (TPSA) is 64.3 Å². The highest BCUT2D eigenvalue weighted by molar-refractivity contribution is 7.80. The lowest BCUT2D eigenvalue weighted by Crippen LogP contribution is -2.35. The SMILES string of the molecule is COc1ccc(C)c(NC(=O)C2(C(N)=S)CC2)c1. The quantitative estimate of drug-likeness (QED) is 0.817. The van der Waals surface area contributed by atoms with E-state index in [0.717, 1.165) is 24.1 Å². The summed E-state index contributed by atoms with van der Waals surface area (Å²) in [7, 11) is 1.59. The van der Waals surface area contributed by atoms with E-state index in [1.165, 1.54) is 0 Å². The third-order valence-electron chi connectivity index (χ3n) is 3.35. The number of amides is 1. The van der Waals surface area contributed by atoms with Crippen LogP contribution in [0.3, 0.4) is 0 Å². The number of hydrogen-bond donors (Lipinski definition) is 2. The molecule has 0 heterocycles. The van der Waals surface area contributed by atoms with Crippen molar-refractivity contribution in [3.63, 3.8) is 0 Å². The van der Waals surface area contributed by atoms with Crippen LogP contribution in [0.4, 0.5) is 5.69 Å². The highest BCUT2D eigenvalue weighted by atomic mass is 32.1. The number of thiocarbonyl (C=S) groups is 1. The molecular weight excluding hydrogens is 248 g/mol. The van der Waals surface area contributed by atoms with Crippen molar-refractivity contribution in [3.05, 3.63) is 23.8 Å². The molecule has 1 aliphatic carbocycles. The first-order valence-electron chi connectivity index (χ1n) is 5.75. The smallest absolute Gasteiger partial charge is 0.237 e. The van der Waals surface area contributed by atoms with Crippen LogP contribution in [0.5, 0.6) is 5.75 Å². The number of nitrogens with two attached hydrogens (primary N) is 1. The molecule has 0 spiro atoms. The number of hydrogen-bond acceptors (Lipinski definition) is 3. The first-order valence-corrected chi connectivity index (χ1v) is 6.16. The first-order chi connectivity index (χ1) is 8.49. The Balaban J connectivity index is 2.19. The summed E-state index contributed by atoms with van der Waals surface area (Å²) in [4.78, 5) is 12.4. The number of anilines is 1. The van der Waals surface area contributed by atoms with Crippen LogP contribution in [0, 0.1) is 12.3 Å².